The van der Waals surface area contributed by atoms with Crippen LogP contribution in [0.3, 0.4) is 0 Å². The maximum absolute atomic E-state index is 13.5. The number of piperazine rings is 1. The van der Waals surface area contributed by atoms with Crippen molar-refractivity contribution in [3.8, 4) is 0 Å². The summed E-state index contributed by atoms with van der Waals surface area (Å²) in [5, 5.41) is 0. The Kier molecular flexibility index (Phi) is 7.43. The number of nitrogens with zero attached hydrogens (tertiary/aromatic N) is 5. The second-order valence-electron chi connectivity index (χ2n) is 8.07. The van der Waals surface area contributed by atoms with Crippen molar-refractivity contribution < 1.29 is 36.7 Å². The summed E-state index contributed by atoms with van der Waals surface area (Å²) < 4.78 is 56.1. The molecule has 0 aromatic carbocycles. The molecule has 0 saturated carbocycles. The molecule has 13 heteroatoms. The lowest BCUT2D eigenvalue weighted by atomic mass is 10.1. The Bertz CT molecular complexity index is 1030. The maximum Gasteiger partial charge on any atom is 0.437 e. The van der Waals surface area contributed by atoms with Crippen LogP contribution in [0.4, 0.5) is 29.8 Å². The molecule has 2 aromatic heterocycles. The number of alkyl halides is 3. The van der Waals surface area contributed by atoms with Gasteiger partial charge in [-0.05, 0) is 18.6 Å². The van der Waals surface area contributed by atoms with Gasteiger partial charge < -0.3 is 28.6 Å². The summed E-state index contributed by atoms with van der Waals surface area (Å²) in [4.78, 5) is 37.6. The van der Waals surface area contributed by atoms with Gasteiger partial charge in [-0.1, -0.05) is 6.07 Å². The smallest absolute Gasteiger partial charge is 0.437 e. The van der Waals surface area contributed by atoms with Crippen LogP contribution >= 0.6 is 0 Å². The number of ketones is 1. The van der Waals surface area contributed by atoms with Gasteiger partial charge in [0.25, 0.3) is 6.01 Å². The van der Waals surface area contributed by atoms with Crippen LogP contribution in [-0.2, 0) is 22.1 Å². The Labute approximate surface area is 199 Å². The third-order valence-corrected chi connectivity index (χ3v) is 5.72. The van der Waals surface area contributed by atoms with Crippen molar-refractivity contribution >= 4 is 23.7 Å². The molecule has 2 saturated heterocycles. The predicted molar refractivity (Wildman–Crippen MR) is 118 cm³/mol. The molecule has 0 unspecified atom stereocenters. The zero-order chi connectivity index (χ0) is 25.0. The van der Waals surface area contributed by atoms with E-state index < -0.39 is 23.4 Å². The summed E-state index contributed by atoms with van der Waals surface area (Å²) in [5.74, 6) is -0.991. The fourth-order valence-electron chi connectivity index (χ4n) is 3.89. The Hall–Kier alpha value is -3.35. The monoisotopic (exact) mass is 497 g/mol. The lowest BCUT2D eigenvalue weighted by molar-refractivity contribution is -0.141. The second kappa shape index (κ2) is 10.5. The minimum absolute atomic E-state index is 0.237. The van der Waals surface area contributed by atoms with E-state index in [0.29, 0.717) is 70.5 Å². The van der Waals surface area contributed by atoms with Crippen molar-refractivity contribution in [3.05, 3.63) is 35.3 Å². The fourth-order valence-corrected chi connectivity index (χ4v) is 3.89. The number of anilines is 2. The second-order valence-corrected chi connectivity index (χ2v) is 8.07. The molecule has 2 aliphatic rings. The SMILES string of the molecule is CCOC(=O)N1CCN(c2ccc(CC(=O)c3oc(N4CCOCC4)nc3C(F)(F)F)cn2)CC1. The van der Waals surface area contributed by atoms with Crippen molar-refractivity contribution in [2.45, 2.75) is 19.5 Å². The van der Waals surface area contributed by atoms with E-state index in [1.165, 1.54) is 11.1 Å². The summed E-state index contributed by atoms with van der Waals surface area (Å²) in [7, 11) is 0. The highest BCUT2D eigenvalue weighted by Crippen LogP contribution is 2.35. The maximum atomic E-state index is 13.5. The Balaban J connectivity index is 1.41. The van der Waals surface area contributed by atoms with Gasteiger partial charge >= 0.3 is 12.3 Å². The van der Waals surface area contributed by atoms with E-state index in [0.717, 1.165) is 0 Å². The Morgan fingerprint density at radius 3 is 2.37 bits per heavy atom. The van der Waals surface area contributed by atoms with E-state index in [1.54, 1.807) is 24.0 Å². The first kappa shape index (κ1) is 24.8. The molecule has 10 nitrogen and oxygen atoms in total. The predicted octanol–water partition coefficient (Wildman–Crippen LogP) is 2.63. The fraction of sp³-hybridized carbons (Fsp3) is 0.545. The molecule has 35 heavy (non-hydrogen) atoms. The van der Waals surface area contributed by atoms with Crippen LogP contribution in [0.15, 0.2) is 22.7 Å². The van der Waals surface area contributed by atoms with E-state index in [9.17, 15) is 22.8 Å². The molecule has 0 atom stereocenters. The number of pyridine rings is 1. The zero-order valence-electron chi connectivity index (χ0n) is 19.2. The molecule has 2 fully saturated rings. The summed E-state index contributed by atoms with van der Waals surface area (Å²) >= 11 is 0. The molecule has 0 radical (unpaired) electrons. The van der Waals surface area contributed by atoms with Gasteiger partial charge in [-0.3, -0.25) is 4.79 Å². The van der Waals surface area contributed by atoms with E-state index in [2.05, 4.69) is 9.97 Å². The highest BCUT2D eigenvalue weighted by Gasteiger charge is 2.41. The van der Waals surface area contributed by atoms with Crippen molar-refractivity contribution in [3.63, 3.8) is 0 Å². The third-order valence-electron chi connectivity index (χ3n) is 5.72. The molecule has 2 aromatic rings. The van der Waals surface area contributed by atoms with Crippen LogP contribution in [-0.4, -0.2) is 85.8 Å². The lowest BCUT2D eigenvalue weighted by Crippen LogP contribution is -2.49. The van der Waals surface area contributed by atoms with Gasteiger partial charge in [0.15, 0.2) is 5.69 Å². The van der Waals surface area contributed by atoms with Gasteiger partial charge in [-0.15, -0.1) is 0 Å². The van der Waals surface area contributed by atoms with Crippen molar-refractivity contribution in [1.82, 2.24) is 14.9 Å². The number of carbonyl (C=O) groups is 2. The number of rotatable bonds is 6. The molecule has 1 amide bonds. The highest BCUT2D eigenvalue weighted by atomic mass is 19.4. The molecular weight excluding hydrogens is 471 g/mol. The number of Topliss-reactive ketones (excluding diaryl/α,β-unsaturated/α-hetero) is 1. The molecule has 4 rings (SSSR count). The highest BCUT2D eigenvalue weighted by molar-refractivity contribution is 5.96. The van der Waals surface area contributed by atoms with Gasteiger partial charge in [-0.25, -0.2) is 9.78 Å². The van der Waals surface area contributed by atoms with Gasteiger partial charge in [0.05, 0.1) is 19.8 Å². The number of amides is 1. The average Bonchev–Trinajstić information content (AvgIpc) is 3.32. The quantitative estimate of drug-likeness (QED) is 0.558. The van der Waals surface area contributed by atoms with Crippen molar-refractivity contribution in [2.24, 2.45) is 0 Å². The molecule has 0 bridgehead atoms. The van der Waals surface area contributed by atoms with Crippen LogP contribution in [0, 0.1) is 0 Å². The van der Waals surface area contributed by atoms with E-state index in [-0.39, 0.29) is 18.5 Å². The Morgan fingerprint density at radius 1 is 1.06 bits per heavy atom. The molecular formula is C22H26F3N5O5. The topological polar surface area (TPSA) is 101 Å². The van der Waals surface area contributed by atoms with Crippen LogP contribution in [0.2, 0.25) is 0 Å². The van der Waals surface area contributed by atoms with E-state index in [4.69, 9.17) is 13.9 Å². The van der Waals surface area contributed by atoms with Gasteiger partial charge in [-0.2, -0.15) is 18.2 Å². The minimum Gasteiger partial charge on any atom is -0.450 e. The van der Waals surface area contributed by atoms with Crippen LogP contribution in [0.1, 0.15) is 28.7 Å². The summed E-state index contributed by atoms with van der Waals surface area (Å²) in [5.41, 5.74) is -0.880. The number of ether oxygens (including phenoxy) is 2. The first-order chi connectivity index (χ1) is 16.8. The summed E-state index contributed by atoms with van der Waals surface area (Å²) in [6.07, 6.45) is -4.04. The minimum atomic E-state index is -4.83. The molecule has 0 N–H and O–H groups in total. The normalized spacial score (nSPS) is 17.0. The van der Waals surface area contributed by atoms with Crippen LogP contribution in [0.5, 0.6) is 0 Å². The number of oxazole rings is 1. The number of aromatic nitrogens is 2. The van der Waals surface area contributed by atoms with Crippen molar-refractivity contribution in [2.75, 3.05) is 68.9 Å². The van der Waals surface area contributed by atoms with Gasteiger partial charge in [0.2, 0.25) is 11.5 Å². The van der Waals surface area contributed by atoms with Crippen molar-refractivity contribution in [1.29, 1.82) is 0 Å². The van der Waals surface area contributed by atoms with Gasteiger partial charge in [0.1, 0.15) is 5.82 Å². The number of carbonyl (C=O) groups excluding carboxylic acids is 2. The number of morpholine rings is 1. The first-order valence-corrected chi connectivity index (χ1v) is 11.3. The molecule has 0 aliphatic carbocycles. The molecule has 190 valence electrons. The Morgan fingerprint density at radius 2 is 1.77 bits per heavy atom. The van der Waals surface area contributed by atoms with E-state index >= 15 is 0 Å². The van der Waals surface area contributed by atoms with Gasteiger partial charge in [0, 0.05) is 51.9 Å². The average molecular weight is 497 g/mol. The number of halogens is 3. The standard InChI is InChI=1S/C22H26F3N5O5/c1-2-34-21(32)30-7-5-28(6-8-30)17-4-3-15(14-26-17)13-16(31)18-19(22(23,24)25)27-20(35-18)29-9-11-33-12-10-29/h3-4,14H,2,5-13H2,1H3. The lowest BCUT2D eigenvalue weighted by Gasteiger charge is -2.34. The molecule has 4 heterocycles. The first-order valence-electron chi connectivity index (χ1n) is 11.3. The number of hydrogen-bond acceptors (Lipinski definition) is 9. The van der Waals surface area contributed by atoms with Crippen LogP contribution < -0.4 is 9.80 Å². The van der Waals surface area contributed by atoms with E-state index in [1.807, 2.05) is 4.90 Å². The zero-order valence-corrected chi connectivity index (χ0v) is 19.2. The van der Waals surface area contributed by atoms with Crippen LogP contribution in [0.25, 0.3) is 0 Å². The molecule has 0 spiro atoms. The number of hydrogen-bond donors (Lipinski definition) is 0. The largest absolute Gasteiger partial charge is 0.450 e. The third kappa shape index (κ3) is 5.84. The summed E-state index contributed by atoms with van der Waals surface area (Å²) in [6.45, 7) is 5.47. The summed E-state index contributed by atoms with van der Waals surface area (Å²) in [6, 6.07) is 3.11. The molecule has 2 aliphatic heterocycles.